The molecule has 1 unspecified atom stereocenters. The quantitative estimate of drug-likeness (QED) is 0.635. The van der Waals surface area contributed by atoms with Gasteiger partial charge < -0.3 is 4.90 Å². The van der Waals surface area contributed by atoms with Gasteiger partial charge in [0.25, 0.3) is 5.91 Å². The zero-order valence-electron chi connectivity index (χ0n) is 8.08. The van der Waals surface area contributed by atoms with Gasteiger partial charge in [0.05, 0.1) is 0 Å². The van der Waals surface area contributed by atoms with E-state index in [2.05, 4.69) is 0 Å². The van der Waals surface area contributed by atoms with E-state index in [-0.39, 0.29) is 17.7 Å². The summed E-state index contributed by atoms with van der Waals surface area (Å²) < 4.78 is 0. The van der Waals surface area contributed by atoms with Crippen molar-refractivity contribution in [3.05, 3.63) is 0 Å². The number of nitrogens with zero attached hydrogens (tertiary/aromatic N) is 1. The van der Waals surface area contributed by atoms with E-state index in [1.165, 1.54) is 0 Å². The van der Waals surface area contributed by atoms with Crippen molar-refractivity contribution in [2.75, 3.05) is 18.6 Å². The third kappa shape index (κ3) is 2.46. The molecule has 1 aliphatic rings. The first kappa shape index (κ1) is 10.6. The Morgan fingerprint density at radius 2 is 2.23 bits per heavy atom. The highest BCUT2D eigenvalue weighted by atomic mass is 32.2. The Bertz CT molecular complexity index is 218. The lowest BCUT2D eigenvalue weighted by molar-refractivity contribution is -0.141. The maximum Gasteiger partial charge on any atom is 0.290 e. The predicted octanol–water partition coefficient (Wildman–Crippen LogP) is 0.929. The summed E-state index contributed by atoms with van der Waals surface area (Å²) in [5.41, 5.74) is 0. The summed E-state index contributed by atoms with van der Waals surface area (Å²) in [7, 11) is 0. The van der Waals surface area contributed by atoms with E-state index in [0.29, 0.717) is 13.0 Å². The fourth-order valence-corrected chi connectivity index (χ4v) is 2.03. The molecule has 1 rings (SSSR count). The molecular formula is C9H15NO2S. The van der Waals surface area contributed by atoms with Gasteiger partial charge in [0.2, 0.25) is 5.78 Å². The molecular weight excluding hydrogens is 186 g/mol. The summed E-state index contributed by atoms with van der Waals surface area (Å²) in [4.78, 5) is 23.9. The Morgan fingerprint density at radius 3 is 2.69 bits per heavy atom. The molecule has 0 aromatic rings. The predicted molar refractivity (Wildman–Crippen MR) is 53.8 cm³/mol. The molecule has 3 nitrogen and oxygen atoms in total. The number of hydrogen-bond acceptors (Lipinski definition) is 3. The molecule has 1 amide bonds. The van der Waals surface area contributed by atoms with Crippen molar-refractivity contribution in [3.8, 4) is 0 Å². The van der Waals surface area contributed by atoms with E-state index in [9.17, 15) is 9.59 Å². The molecule has 0 spiro atoms. The fraction of sp³-hybridized carbons (Fsp3) is 0.778. The van der Waals surface area contributed by atoms with Crippen molar-refractivity contribution in [2.24, 2.45) is 0 Å². The van der Waals surface area contributed by atoms with Crippen molar-refractivity contribution >= 4 is 23.5 Å². The van der Waals surface area contributed by atoms with Crippen LogP contribution >= 0.6 is 11.8 Å². The van der Waals surface area contributed by atoms with Crippen LogP contribution in [0.1, 0.15) is 19.8 Å². The molecule has 1 aliphatic heterocycles. The number of likely N-dealkylation sites (tertiary alicyclic amines) is 1. The molecule has 0 aromatic carbocycles. The molecule has 1 heterocycles. The van der Waals surface area contributed by atoms with Crippen LogP contribution in [0.3, 0.4) is 0 Å². The zero-order valence-corrected chi connectivity index (χ0v) is 8.89. The van der Waals surface area contributed by atoms with Gasteiger partial charge in [-0.05, 0) is 25.4 Å². The second-order valence-corrected chi connectivity index (χ2v) is 4.29. The summed E-state index contributed by atoms with van der Waals surface area (Å²) in [6, 6.07) is 0.214. The molecule has 0 aliphatic carbocycles. The minimum absolute atomic E-state index is 0.214. The lowest BCUT2D eigenvalue weighted by atomic mass is 10.2. The van der Waals surface area contributed by atoms with Crippen molar-refractivity contribution in [1.82, 2.24) is 4.90 Å². The van der Waals surface area contributed by atoms with Crippen LogP contribution in [0, 0.1) is 0 Å². The average Bonchev–Trinajstić information content (AvgIpc) is 2.44. The van der Waals surface area contributed by atoms with Crippen molar-refractivity contribution < 1.29 is 9.59 Å². The molecule has 0 aromatic heterocycles. The highest BCUT2D eigenvalue weighted by Gasteiger charge is 2.31. The minimum Gasteiger partial charge on any atom is -0.333 e. The van der Waals surface area contributed by atoms with Crippen LogP contribution in [0.2, 0.25) is 0 Å². The Kier molecular flexibility index (Phi) is 3.78. The first-order valence-electron chi connectivity index (χ1n) is 4.49. The summed E-state index contributed by atoms with van der Waals surface area (Å²) >= 11 is 1.77. The standard InChI is InChI=1S/C9H15NO2S/c1-7(4-6-13-2)10-5-3-8(11)9(10)12/h7H,3-6H2,1-2H3. The number of hydrogen-bond donors (Lipinski definition) is 0. The van der Waals surface area contributed by atoms with E-state index in [4.69, 9.17) is 0 Å². The maximum absolute atomic E-state index is 11.3. The second-order valence-electron chi connectivity index (χ2n) is 3.30. The minimum atomic E-state index is -0.284. The van der Waals surface area contributed by atoms with Crippen molar-refractivity contribution in [1.29, 1.82) is 0 Å². The highest BCUT2D eigenvalue weighted by Crippen LogP contribution is 2.14. The van der Waals surface area contributed by atoms with Crippen LogP contribution < -0.4 is 0 Å². The number of rotatable bonds is 4. The number of ketones is 1. The van der Waals surface area contributed by atoms with Gasteiger partial charge in [-0.15, -0.1) is 0 Å². The van der Waals surface area contributed by atoms with Crippen LogP contribution in [-0.2, 0) is 9.59 Å². The Morgan fingerprint density at radius 1 is 1.54 bits per heavy atom. The van der Waals surface area contributed by atoms with Gasteiger partial charge in [0.1, 0.15) is 0 Å². The molecule has 74 valence electrons. The molecule has 0 saturated carbocycles. The maximum atomic E-state index is 11.3. The van der Waals surface area contributed by atoms with Gasteiger partial charge in [-0.2, -0.15) is 11.8 Å². The Hall–Kier alpha value is -0.510. The topological polar surface area (TPSA) is 37.4 Å². The number of carbonyl (C=O) groups excluding carboxylic acids is 2. The highest BCUT2D eigenvalue weighted by molar-refractivity contribution is 7.98. The third-order valence-corrected chi connectivity index (χ3v) is 2.99. The lowest BCUT2D eigenvalue weighted by Gasteiger charge is -2.22. The summed E-state index contributed by atoms with van der Waals surface area (Å²) in [6.07, 6.45) is 3.42. The molecule has 0 bridgehead atoms. The van der Waals surface area contributed by atoms with Crippen LogP contribution in [0.25, 0.3) is 0 Å². The van der Waals surface area contributed by atoms with Crippen LogP contribution in [-0.4, -0.2) is 41.2 Å². The van der Waals surface area contributed by atoms with Gasteiger partial charge in [-0.1, -0.05) is 0 Å². The molecule has 0 N–H and O–H groups in total. The van der Waals surface area contributed by atoms with Gasteiger partial charge in [-0.3, -0.25) is 9.59 Å². The Labute approximate surface area is 82.9 Å². The zero-order chi connectivity index (χ0) is 9.84. The van der Waals surface area contributed by atoms with Gasteiger partial charge >= 0.3 is 0 Å². The third-order valence-electron chi connectivity index (χ3n) is 2.35. The first-order valence-corrected chi connectivity index (χ1v) is 5.89. The summed E-state index contributed by atoms with van der Waals surface area (Å²) in [5.74, 6) is 0.531. The molecule has 4 heteroatoms. The lowest BCUT2D eigenvalue weighted by Crippen LogP contribution is -2.36. The second kappa shape index (κ2) is 4.65. The molecule has 0 radical (unpaired) electrons. The number of carbonyl (C=O) groups is 2. The van der Waals surface area contributed by atoms with Gasteiger partial charge in [0.15, 0.2) is 0 Å². The monoisotopic (exact) mass is 201 g/mol. The van der Waals surface area contributed by atoms with Crippen molar-refractivity contribution in [2.45, 2.75) is 25.8 Å². The van der Waals surface area contributed by atoms with E-state index in [1.54, 1.807) is 16.7 Å². The molecule has 13 heavy (non-hydrogen) atoms. The largest absolute Gasteiger partial charge is 0.333 e. The van der Waals surface area contributed by atoms with Crippen LogP contribution in [0.4, 0.5) is 0 Å². The fourth-order valence-electron chi connectivity index (χ4n) is 1.46. The van der Waals surface area contributed by atoms with E-state index in [1.807, 2.05) is 13.2 Å². The van der Waals surface area contributed by atoms with Crippen molar-refractivity contribution in [3.63, 3.8) is 0 Å². The molecule has 1 atom stereocenters. The van der Waals surface area contributed by atoms with Gasteiger partial charge in [0, 0.05) is 19.0 Å². The SMILES string of the molecule is CSCCC(C)N1CCC(=O)C1=O. The first-order chi connectivity index (χ1) is 6.16. The van der Waals surface area contributed by atoms with Gasteiger partial charge in [-0.25, -0.2) is 0 Å². The normalized spacial score (nSPS) is 19.7. The number of thioether (sulfide) groups is 1. The van der Waals surface area contributed by atoms with Crippen LogP contribution in [0.15, 0.2) is 0 Å². The summed E-state index contributed by atoms with van der Waals surface area (Å²) in [6.45, 7) is 2.62. The van der Waals surface area contributed by atoms with E-state index < -0.39 is 0 Å². The van der Waals surface area contributed by atoms with E-state index >= 15 is 0 Å². The number of amides is 1. The van der Waals surface area contributed by atoms with E-state index in [0.717, 1.165) is 12.2 Å². The molecule has 1 saturated heterocycles. The van der Waals surface area contributed by atoms with Crippen LogP contribution in [0.5, 0.6) is 0 Å². The number of Topliss-reactive ketones (excluding diaryl/α,β-unsaturated/α-hetero) is 1. The average molecular weight is 201 g/mol. The smallest absolute Gasteiger partial charge is 0.290 e. The molecule has 1 fully saturated rings. The summed E-state index contributed by atoms with van der Waals surface area (Å²) in [5, 5.41) is 0. The Balaban J connectivity index is 2.43.